The summed E-state index contributed by atoms with van der Waals surface area (Å²) in [4.78, 5) is 11.9. The molecule has 0 fully saturated rings. The minimum Gasteiger partial charge on any atom is -0.352 e. The molecule has 0 atom stereocenters. The van der Waals surface area contributed by atoms with E-state index in [1.807, 2.05) is 18.2 Å². The molecule has 1 rings (SSSR count). The normalized spacial score (nSPS) is 11.4. The molecule has 0 saturated carbocycles. The number of carbonyl (C=O) groups is 1. The number of carbonyl (C=O) groups excluding carboxylic acids is 1. The van der Waals surface area contributed by atoms with Gasteiger partial charge in [0.25, 0.3) is 5.91 Å². The maximum atomic E-state index is 11.9. The molecule has 0 saturated heterocycles. The van der Waals surface area contributed by atoms with Crippen LogP contribution in [0, 0.1) is 5.41 Å². The van der Waals surface area contributed by atoms with Crippen LogP contribution in [-0.4, -0.2) is 12.5 Å². The van der Waals surface area contributed by atoms with Gasteiger partial charge in [0.2, 0.25) is 0 Å². The van der Waals surface area contributed by atoms with E-state index in [2.05, 4.69) is 57.9 Å². The molecule has 0 unspecified atom stereocenters. The lowest BCUT2D eigenvalue weighted by atomic mass is 9.92. The fourth-order valence-corrected chi connectivity index (χ4v) is 2.63. The summed E-state index contributed by atoms with van der Waals surface area (Å²) >= 11 is 6.74. The average molecular weight is 363 g/mol. The van der Waals surface area contributed by atoms with Crippen LogP contribution in [0.1, 0.15) is 37.6 Å². The Morgan fingerprint density at radius 2 is 1.71 bits per heavy atom. The molecule has 0 aromatic heterocycles. The van der Waals surface area contributed by atoms with Crippen molar-refractivity contribution in [2.75, 3.05) is 6.54 Å². The fraction of sp³-hybridized carbons (Fsp3) is 0.462. The van der Waals surface area contributed by atoms with Crippen LogP contribution in [0.5, 0.6) is 0 Å². The van der Waals surface area contributed by atoms with E-state index in [0.29, 0.717) is 12.1 Å². The minimum atomic E-state index is -0.0312. The zero-order valence-corrected chi connectivity index (χ0v) is 13.5. The summed E-state index contributed by atoms with van der Waals surface area (Å²) in [6.45, 7) is 7.19. The third-order valence-corrected chi connectivity index (χ3v) is 3.20. The van der Waals surface area contributed by atoms with Crippen molar-refractivity contribution in [1.29, 1.82) is 0 Å². The van der Waals surface area contributed by atoms with Crippen LogP contribution in [0.4, 0.5) is 0 Å². The standard InChI is InChI=1S/C13H17Br2NO/c1-13(2,3)4-5-16-12(17)9-6-10(14)8-11(15)7-9/h6-8H,4-5H2,1-3H3,(H,16,17). The van der Waals surface area contributed by atoms with Gasteiger partial charge in [0.05, 0.1) is 0 Å². The van der Waals surface area contributed by atoms with Crippen molar-refractivity contribution >= 4 is 37.8 Å². The summed E-state index contributed by atoms with van der Waals surface area (Å²) in [5.41, 5.74) is 0.908. The predicted octanol–water partition coefficient (Wildman–Crippen LogP) is 4.38. The lowest BCUT2D eigenvalue weighted by Gasteiger charge is -2.18. The second kappa shape index (κ2) is 6.01. The maximum Gasteiger partial charge on any atom is 0.251 e. The summed E-state index contributed by atoms with van der Waals surface area (Å²) < 4.78 is 1.79. The highest BCUT2D eigenvalue weighted by Crippen LogP contribution is 2.20. The molecule has 0 heterocycles. The lowest BCUT2D eigenvalue weighted by Crippen LogP contribution is -2.27. The van der Waals surface area contributed by atoms with Gasteiger partial charge < -0.3 is 5.32 Å². The molecule has 2 nitrogen and oxygen atoms in total. The topological polar surface area (TPSA) is 29.1 Å². The number of hydrogen-bond acceptors (Lipinski definition) is 1. The Balaban J connectivity index is 2.58. The number of benzene rings is 1. The van der Waals surface area contributed by atoms with Crippen LogP contribution in [0.15, 0.2) is 27.1 Å². The molecule has 1 aromatic carbocycles. The maximum absolute atomic E-state index is 11.9. The molecular weight excluding hydrogens is 346 g/mol. The van der Waals surface area contributed by atoms with Crippen molar-refractivity contribution in [3.05, 3.63) is 32.7 Å². The van der Waals surface area contributed by atoms with Gasteiger partial charge in [-0.15, -0.1) is 0 Å². The van der Waals surface area contributed by atoms with Crippen LogP contribution >= 0.6 is 31.9 Å². The van der Waals surface area contributed by atoms with Gasteiger partial charge in [0, 0.05) is 21.1 Å². The number of hydrogen-bond donors (Lipinski definition) is 1. The summed E-state index contributed by atoms with van der Waals surface area (Å²) in [5.74, 6) is -0.0312. The first-order valence-corrected chi connectivity index (χ1v) is 7.11. The molecule has 1 N–H and O–H groups in total. The van der Waals surface area contributed by atoms with Crippen LogP contribution in [0.3, 0.4) is 0 Å². The van der Waals surface area contributed by atoms with E-state index in [1.54, 1.807) is 0 Å². The third-order valence-electron chi connectivity index (χ3n) is 2.29. The highest BCUT2D eigenvalue weighted by Gasteiger charge is 2.11. The van der Waals surface area contributed by atoms with E-state index in [-0.39, 0.29) is 11.3 Å². The Morgan fingerprint density at radius 3 is 2.18 bits per heavy atom. The monoisotopic (exact) mass is 361 g/mol. The van der Waals surface area contributed by atoms with Crippen LogP contribution < -0.4 is 5.32 Å². The predicted molar refractivity (Wildman–Crippen MR) is 78.2 cm³/mol. The van der Waals surface area contributed by atoms with Crippen molar-refractivity contribution in [1.82, 2.24) is 5.32 Å². The Morgan fingerprint density at radius 1 is 1.18 bits per heavy atom. The second-order valence-corrected chi connectivity index (χ2v) is 7.06. The van der Waals surface area contributed by atoms with E-state index in [0.717, 1.165) is 15.4 Å². The van der Waals surface area contributed by atoms with E-state index < -0.39 is 0 Å². The quantitative estimate of drug-likeness (QED) is 0.849. The Hall–Kier alpha value is -0.350. The third kappa shape index (κ3) is 5.68. The van der Waals surface area contributed by atoms with Gasteiger partial charge in [-0.1, -0.05) is 52.6 Å². The van der Waals surface area contributed by atoms with Crippen molar-refractivity contribution in [2.45, 2.75) is 27.2 Å². The van der Waals surface area contributed by atoms with E-state index in [4.69, 9.17) is 0 Å². The zero-order chi connectivity index (χ0) is 13.1. The molecule has 0 spiro atoms. The summed E-state index contributed by atoms with van der Waals surface area (Å²) in [7, 11) is 0. The number of nitrogens with one attached hydrogen (secondary N) is 1. The minimum absolute atomic E-state index is 0.0312. The summed E-state index contributed by atoms with van der Waals surface area (Å²) in [5, 5.41) is 2.93. The molecule has 0 aliphatic rings. The molecular formula is C13H17Br2NO. The van der Waals surface area contributed by atoms with Gasteiger partial charge >= 0.3 is 0 Å². The number of rotatable bonds is 3. The number of halogens is 2. The van der Waals surface area contributed by atoms with E-state index in [9.17, 15) is 4.79 Å². The Labute approximate surface area is 119 Å². The Bertz CT molecular complexity index is 390. The fourth-order valence-electron chi connectivity index (χ4n) is 1.34. The average Bonchev–Trinajstić information content (AvgIpc) is 2.13. The van der Waals surface area contributed by atoms with E-state index in [1.165, 1.54) is 0 Å². The van der Waals surface area contributed by atoms with E-state index >= 15 is 0 Å². The van der Waals surface area contributed by atoms with Gasteiger partial charge in [-0.3, -0.25) is 4.79 Å². The van der Waals surface area contributed by atoms with Crippen molar-refractivity contribution in [2.24, 2.45) is 5.41 Å². The Kier molecular flexibility index (Phi) is 5.20. The first-order valence-electron chi connectivity index (χ1n) is 5.52. The van der Waals surface area contributed by atoms with Crippen molar-refractivity contribution in [3.63, 3.8) is 0 Å². The second-order valence-electron chi connectivity index (χ2n) is 5.22. The lowest BCUT2D eigenvalue weighted by molar-refractivity contribution is 0.0949. The summed E-state index contributed by atoms with van der Waals surface area (Å²) in [6, 6.07) is 5.54. The molecule has 1 aromatic rings. The van der Waals surface area contributed by atoms with Crippen molar-refractivity contribution in [3.8, 4) is 0 Å². The van der Waals surface area contributed by atoms with Gasteiger partial charge in [-0.05, 0) is 30.0 Å². The highest BCUT2D eigenvalue weighted by atomic mass is 79.9. The molecule has 4 heteroatoms. The van der Waals surface area contributed by atoms with Crippen LogP contribution in [-0.2, 0) is 0 Å². The highest BCUT2D eigenvalue weighted by molar-refractivity contribution is 9.11. The molecule has 17 heavy (non-hydrogen) atoms. The van der Waals surface area contributed by atoms with Gasteiger partial charge in [-0.25, -0.2) is 0 Å². The van der Waals surface area contributed by atoms with Gasteiger partial charge in [0.1, 0.15) is 0 Å². The first-order chi connectivity index (χ1) is 7.78. The molecule has 0 aliphatic carbocycles. The largest absolute Gasteiger partial charge is 0.352 e. The zero-order valence-electron chi connectivity index (χ0n) is 10.3. The molecule has 0 aliphatic heterocycles. The molecule has 0 radical (unpaired) electrons. The smallest absolute Gasteiger partial charge is 0.251 e. The van der Waals surface area contributed by atoms with Crippen LogP contribution in [0.2, 0.25) is 0 Å². The van der Waals surface area contributed by atoms with Crippen LogP contribution in [0.25, 0.3) is 0 Å². The van der Waals surface area contributed by atoms with Gasteiger partial charge in [-0.2, -0.15) is 0 Å². The molecule has 0 bridgehead atoms. The first kappa shape index (κ1) is 14.7. The molecule has 1 amide bonds. The number of amides is 1. The van der Waals surface area contributed by atoms with Crippen molar-refractivity contribution < 1.29 is 4.79 Å². The van der Waals surface area contributed by atoms with Gasteiger partial charge in [0.15, 0.2) is 0 Å². The molecule has 94 valence electrons. The SMILES string of the molecule is CC(C)(C)CCNC(=O)c1cc(Br)cc(Br)c1. The summed E-state index contributed by atoms with van der Waals surface area (Å²) in [6.07, 6.45) is 0.966.